The third kappa shape index (κ3) is 4.70. The molecule has 2 aromatic carbocycles. The van der Waals surface area contributed by atoms with Crippen LogP contribution in [0.25, 0.3) is 0 Å². The molecule has 128 valence electrons. The molecule has 0 N–H and O–H groups in total. The second-order valence-electron chi connectivity index (χ2n) is 5.79. The van der Waals surface area contributed by atoms with Gasteiger partial charge in [-0.15, -0.1) is 0 Å². The average molecular weight is 335 g/mol. The second-order valence-corrected chi connectivity index (χ2v) is 5.79. The molecule has 0 unspecified atom stereocenters. The number of carbonyl (C=O) groups is 1. The molecule has 0 aliphatic heterocycles. The molecule has 0 fully saturated rings. The van der Waals surface area contributed by atoms with Crippen molar-refractivity contribution >= 4 is 5.91 Å². The Labute approximate surface area is 147 Å². The number of hydrogen-bond acceptors (Lipinski definition) is 3. The number of benzene rings is 2. The zero-order valence-corrected chi connectivity index (χ0v) is 14.2. The van der Waals surface area contributed by atoms with E-state index in [4.69, 9.17) is 4.74 Å². The first-order valence-corrected chi connectivity index (χ1v) is 8.16. The summed E-state index contributed by atoms with van der Waals surface area (Å²) in [6.45, 7) is 1.34. The Hall–Kier alpha value is -3.08. The van der Waals surface area contributed by atoms with E-state index in [0.717, 1.165) is 16.9 Å². The number of amides is 1. The van der Waals surface area contributed by atoms with Gasteiger partial charge in [0.25, 0.3) is 0 Å². The van der Waals surface area contributed by atoms with Crippen molar-refractivity contribution in [1.29, 1.82) is 0 Å². The van der Waals surface area contributed by atoms with Crippen molar-refractivity contribution in [1.82, 2.24) is 14.7 Å². The molecule has 0 radical (unpaired) electrons. The summed E-state index contributed by atoms with van der Waals surface area (Å²) in [4.78, 5) is 14.6. The standard InChI is InChI=1S/C20H21N3O2/c1-25-19-10-8-18(9-11-19)15-22(14-17-6-3-2-4-7-17)20(24)16-23-13-5-12-21-23/h2-13H,14-16H2,1H3. The molecule has 1 aromatic heterocycles. The average Bonchev–Trinajstić information content (AvgIpc) is 3.15. The summed E-state index contributed by atoms with van der Waals surface area (Å²) in [5, 5.41) is 4.13. The number of ether oxygens (including phenoxy) is 1. The van der Waals surface area contributed by atoms with Crippen molar-refractivity contribution in [2.45, 2.75) is 19.6 Å². The highest BCUT2D eigenvalue weighted by Gasteiger charge is 2.15. The summed E-state index contributed by atoms with van der Waals surface area (Å²) in [6.07, 6.45) is 3.48. The Morgan fingerprint density at radius 1 is 1.00 bits per heavy atom. The molecule has 0 atom stereocenters. The lowest BCUT2D eigenvalue weighted by Crippen LogP contribution is -2.33. The van der Waals surface area contributed by atoms with E-state index in [1.54, 1.807) is 24.2 Å². The SMILES string of the molecule is COc1ccc(CN(Cc2ccccc2)C(=O)Cn2cccn2)cc1. The molecule has 5 heteroatoms. The fraction of sp³-hybridized carbons (Fsp3) is 0.200. The predicted molar refractivity (Wildman–Crippen MR) is 95.9 cm³/mol. The van der Waals surface area contributed by atoms with E-state index in [-0.39, 0.29) is 12.5 Å². The maximum atomic E-state index is 12.8. The van der Waals surface area contributed by atoms with Crippen LogP contribution in [0.1, 0.15) is 11.1 Å². The Bertz CT molecular complexity index is 784. The number of carbonyl (C=O) groups excluding carboxylic acids is 1. The van der Waals surface area contributed by atoms with E-state index in [1.165, 1.54) is 0 Å². The predicted octanol–water partition coefficient (Wildman–Crippen LogP) is 3.12. The first-order valence-electron chi connectivity index (χ1n) is 8.16. The van der Waals surface area contributed by atoms with Crippen LogP contribution in [0.15, 0.2) is 73.1 Å². The monoisotopic (exact) mass is 335 g/mol. The molecule has 0 spiro atoms. The lowest BCUT2D eigenvalue weighted by atomic mass is 10.1. The van der Waals surface area contributed by atoms with Crippen LogP contribution in [0.3, 0.4) is 0 Å². The van der Waals surface area contributed by atoms with E-state index in [9.17, 15) is 4.79 Å². The van der Waals surface area contributed by atoms with E-state index in [2.05, 4.69) is 5.10 Å². The molecular formula is C20H21N3O2. The first-order chi connectivity index (χ1) is 12.2. The van der Waals surface area contributed by atoms with E-state index < -0.39 is 0 Å². The Kier molecular flexibility index (Phi) is 5.46. The molecule has 5 nitrogen and oxygen atoms in total. The van der Waals surface area contributed by atoms with Gasteiger partial charge in [-0.2, -0.15) is 5.10 Å². The van der Waals surface area contributed by atoms with Gasteiger partial charge in [-0.3, -0.25) is 9.48 Å². The van der Waals surface area contributed by atoms with Crippen LogP contribution in [-0.2, 0) is 24.4 Å². The van der Waals surface area contributed by atoms with Crippen LogP contribution in [0.5, 0.6) is 5.75 Å². The van der Waals surface area contributed by atoms with Gasteiger partial charge in [-0.25, -0.2) is 0 Å². The van der Waals surface area contributed by atoms with Gasteiger partial charge in [0.2, 0.25) is 5.91 Å². The van der Waals surface area contributed by atoms with Gasteiger partial charge >= 0.3 is 0 Å². The van der Waals surface area contributed by atoms with E-state index >= 15 is 0 Å². The number of nitrogens with zero attached hydrogens (tertiary/aromatic N) is 3. The lowest BCUT2D eigenvalue weighted by molar-refractivity contribution is -0.133. The van der Waals surface area contributed by atoms with Crippen molar-refractivity contribution < 1.29 is 9.53 Å². The highest BCUT2D eigenvalue weighted by atomic mass is 16.5. The van der Waals surface area contributed by atoms with Crippen molar-refractivity contribution in [3.05, 3.63) is 84.2 Å². The Morgan fingerprint density at radius 3 is 2.28 bits per heavy atom. The van der Waals surface area contributed by atoms with Crippen molar-refractivity contribution in [2.75, 3.05) is 7.11 Å². The van der Waals surface area contributed by atoms with Crippen LogP contribution in [0.4, 0.5) is 0 Å². The fourth-order valence-electron chi connectivity index (χ4n) is 2.62. The number of methoxy groups -OCH3 is 1. The van der Waals surface area contributed by atoms with Crippen molar-refractivity contribution in [2.24, 2.45) is 0 Å². The van der Waals surface area contributed by atoms with Gasteiger partial charge in [0.15, 0.2) is 0 Å². The number of hydrogen-bond donors (Lipinski definition) is 0. The Morgan fingerprint density at radius 2 is 1.68 bits per heavy atom. The highest BCUT2D eigenvalue weighted by Crippen LogP contribution is 2.15. The molecule has 1 heterocycles. The molecule has 0 saturated carbocycles. The van der Waals surface area contributed by atoms with Gasteiger partial charge in [0.05, 0.1) is 7.11 Å². The maximum Gasteiger partial charge on any atom is 0.244 e. The molecule has 3 aromatic rings. The summed E-state index contributed by atoms with van der Waals surface area (Å²) >= 11 is 0. The molecule has 0 aliphatic rings. The Balaban J connectivity index is 1.76. The molecular weight excluding hydrogens is 314 g/mol. The van der Waals surface area contributed by atoms with Gasteiger partial charge < -0.3 is 9.64 Å². The number of rotatable bonds is 7. The van der Waals surface area contributed by atoms with Crippen molar-refractivity contribution in [3.63, 3.8) is 0 Å². The number of aromatic nitrogens is 2. The summed E-state index contributed by atoms with van der Waals surface area (Å²) in [5.74, 6) is 0.838. The fourth-order valence-corrected chi connectivity index (χ4v) is 2.62. The van der Waals surface area contributed by atoms with Gasteiger partial charge in [0.1, 0.15) is 12.3 Å². The topological polar surface area (TPSA) is 47.4 Å². The minimum absolute atomic E-state index is 0.0309. The molecule has 0 aliphatic carbocycles. The minimum Gasteiger partial charge on any atom is -0.497 e. The second kappa shape index (κ2) is 8.15. The molecule has 3 rings (SSSR count). The van der Waals surface area contributed by atoms with Gasteiger partial charge in [-0.1, -0.05) is 42.5 Å². The van der Waals surface area contributed by atoms with Crippen LogP contribution in [-0.4, -0.2) is 27.7 Å². The molecule has 0 saturated heterocycles. The smallest absolute Gasteiger partial charge is 0.244 e. The normalized spacial score (nSPS) is 10.4. The lowest BCUT2D eigenvalue weighted by Gasteiger charge is -2.23. The third-order valence-corrected chi connectivity index (χ3v) is 3.96. The van der Waals surface area contributed by atoms with Gasteiger partial charge in [-0.05, 0) is 29.3 Å². The molecule has 25 heavy (non-hydrogen) atoms. The van der Waals surface area contributed by atoms with Crippen LogP contribution in [0.2, 0.25) is 0 Å². The zero-order valence-electron chi connectivity index (χ0n) is 14.2. The molecule has 0 bridgehead atoms. The van der Waals surface area contributed by atoms with Crippen LogP contribution < -0.4 is 4.74 Å². The van der Waals surface area contributed by atoms with Crippen LogP contribution in [0, 0.1) is 0 Å². The molecule has 1 amide bonds. The van der Waals surface area contributed by atoms with E-state index in [1.807, 2.05) is 65.6 Å². The van der Waals surface area contributed by atoms with Crippen LogP contribution >= 0.6 is 0 Å². The largest absolute Gasteiger partial charge is 0.497 e. The quantitative estimate of drug-likeness (QED) is 0.666. The minimum atomic E-state index is 0.0309. The summed E-state index contributed by atoms with van der Waals surface area (Å²) < 4.78 is 6.84. The summed E-state index contributed by atoms with van der Waals surface area (Å²) in [5.41, 5.74) is 2.16. The summed E-state index contributed by atoms with van der Waals surface area (Å²) in [7, 11) is 1.64. The summed E-state index contributed by atoms with van der Waals surface area (Å²) in [6, 6.07) is 19.6. The van der Waals surface area contributed by atoms with Gasteiger partial charge in [0, 0.05) is 25.5 Å². The third-order valence-electron chi connectivity index (χ3n) is 3.96. The first kappa shape index (κ1) is 16.8. The van der Waals surface area contributed by atoms with E-state index in [0.29, 0.717) is 13.1 Å². The van der Waals surface area contributed by atoms with Crippen molar-refractivity contribution in [3.8, 4) is 5.75 Å². The highest BCUT2D eigenvalue weighted by molar-refractivity contribution is 5.76. The maximum absolute atomic E-state index is 12.8. The zero-order chi connectivity index (χ0) is 17.5.